The molecule has 1 aliphatic carbocycles. The molecule has 2 N–H and O–H groups in total. The third-order valence-electron chi connectivity index (χ3n) is 4.44. The summed E-state index contributed by atoms with van der Waals surface area (Å²) in [6, 6.07) is 13.8. The molecule has 0 heterocycles. The molecule has 1 aliphatic rings. The van der Waals surface area contributed by atoms with Gasteiger partial charge in [-0.15, -0.1) is 6.42 Å². The predicted octanol–water partition coefficient (Wildman–Crippen LogP) is 3.31. The van der Waals surface area contributed by atoms with E-state index in [4.69, 9.17) is 15.9 Å². The highest BCUT2D eigenvalue weighted by Crippen LogP contribution is 2.36. The van der Waals surface area contributed by atoms with Gasteiger partial charge in [-0.05, 0) is 42.2 Å². The van der Waals surface area contributed by atoms with Crippen molar-refractivity contribution in [2.75, 3.05) is 25.1 Å². The Balaban J connectivity index is 1.53. The Kier molecular flexibility index (Phi) is 6.35. The highest BCUT2D eigenvalue weighted by atomic mass is 16.5. The summed E-state index contributed by atoms with van der Waals surface area (Å²) >= 11 is 0. The lowest BCUT2D eigenvalue weighted by Crippen LogP contribution is -2.19. The van der Waals surface area contributed by atoms with Crippen LogP contribution < -0.4 is 20.1 Å². The Hall–Kier alpha value is -2.97. The molecule has 1 amide bonds. The summed E-state index contributed by atoms with van der Waals surface area (Å²) in [5, 5.41) is 6.12. The topological polar surface area (TPSA) is 59.6 Å². The maximum atomic E-state index is 11.1. The molecule has 0 saturated carbocycles. The van der Waals surface area contributed by atoms with Crippen LogP contribution in [-0.2, 0) is 11.2 Å². The van der Waals surface area contributed by atoms with Crippen molar-refractivity contribution in [3.8, 4) is 23.8 Å². The van der Waals surface area contributed by atoms with Crippen LogP contribution in [0.4, 0.5) is 5.69 Å². The summed E-state index contributed by atoms with van der Waals surface area (Å²) in [6.45, 7) is 2.92. The highest BCUT2D eigenvalue weighted by molar-refractivity contribution is 5.88. The minimum Gasteiger partial charge on any atom is -0.490 e. The number of terminal acetylenes is 1. The molecule has 0 saturated heterocycles. The van der Waals surface area contributed by atoms with E-state index in [1.54, 1.807) is 6.07 Å². The molecule has 0 radical (unpaired) electrons. The second kappa shape index (κ2) is 9.11. The molecule has 5 nitrogen and oxygen atoms in total. The number of hydrogen-bond acceptors (Lipinski definition) is 4. The molecule has 0 aromatic heterocycles. The number of carbonyl (C=O) groups is 1. The number of amides is 1. The summed E-state index contributed by atoms with van der Waals surface area (Å²) in [4.78, 5) is 11.1. The maximum Gasteiger partial charge on any atom is 0.221 e. The van der Waals surface area contributed by atoms with Crippen LogP contribution in [0.3, 0.4) is 0 Å². The van der Waals surface area contributed by atoms with E-state index in [1.807, 2.05) is 30.3 Å². The second-order valence-electron chi connectivity index (χ2n) is 6.41. The summed E-state index contributed by atoms with van der Waals surface area (Å²) < 4.78 is 11.7. The van der Waals surface area contributed by atoms with Gasteiger partial charge in [0.25, 0.3) is 0 Å². The Morgan fingerprint density at radius 2 is 2.04 bits per heavy atom. The van der Waals surface area contributed by atoms with E-state index >= 15 is 0 Å². The molecule has 1 atom stereocenters. The number of fused-ring (bicyclic) bond motifs is 1. The first-order chi connectivity index (χ1) is 13.2. The number of nitrogens with one attached hydrogen (secondary N) is 2. The van der Waals surface area contributed by atoms with E-state index in [-0.39, 0.29) is 5.91 Å². The summed E-state index contributed by atoms with van der Waals surface area (Å²) in [5.41, 5.74) is 3.23. The molecule has 2 aromatic carbocycles. The average molecular weight is 364 g/mol. The van der Waals surface area contributed by atoms with Crippen LogP contribution in [0, 0.1) is 12.3 Å². The van der Waals surface area contributed by atoms with Crippen molar-refractivity contribution in [1.82, 2.24) is 5.32 Å². The number of anilines is 1. The zero-order valence-corrected chi connectivity index (χ0v) is 15.5. The molecule has 0 fully saturated rings. The van der Waals surface area contributed by atoms with Gasteiger partial charge in [0.1, 0.15) is 24.7 Å². The van der Waals surface area contributed by atoms with Gasteiger partial charge in [-0.1, -0.05) is 24.1 Å². The van der Waals surface area contributed by atoms with Gasteiger partial charge in [0.05, 0.1) is 6.54 Å². The fourth-order valence-electron chi connectivity index (χ4n) is 3.33. The number of rotatable bonds is 8. The molecule has 5 heteroatoms. The molecule has 3 rings (SSSR count). The second-order valence-corrected chi connectivity index (χ2v) is 6.41. The smallest absolute Gasteiger partial charge is 0.221 e. The standard InChI is InChI=1S/C22H24N2O3/c1-3-12-23-21-11-10-20-19(21)8-5-9-22(20)27-14-13-26-18-7-4-6-17(15-18)24-16(2)25/h1,4-9,15,21,23H,10-14H2,2H3,(H,24,25). The van der Waals surface area contributed by atoms with E-state index in [1.165, 1.54) is 18.1 Å². The Labute approximate surface area is 160 Å². The molecule has 0 spiro atoms. The minimum atomic E-state index is -0.108. The summed E-state index contributed by atoms with van der Waals surface area (Å²) in [7, 11) is 0. The van der Waals surface area contributed by atoms with E-state index in [0.29, 0.717) is 37.2 Å². The lowest BCUT2D eigenvalue weighted by molar-refractivity contribution is -0.114. The van der Waals surface area contributed by atoms with Gasteiger partial charge in [-0.2, -0.15) is 0 Å². The van der Waals surface area contributed by atoms with Crippen molar-refractivity contribution < 1.29 is 14.3 Å². The van der Waals surface area contributed by atoms with Crippen molar-refractivity contribution in [3.05, 3.63) is 53.6 Å². The van der Waals surface area contributed by atoms with Crippen LogP contribution in [0.5, 0.6) is 11.5 Å². The first kappa shape index (κ1) is 18.8. The molecule has 2 aromatic rings. The van der Waals surface area contributed by atoms with Crippen LogP contribution in [-0.4, -0.2) is 25.7 Å². The number of benzene rings is 2. The minimum absolute atomic E-state index is 0.108. The molecular weight excluding hydrogens is 340 g/mol. The van der Waals surface area contributed by atoms with Crippen LogP contribution in [0.25, 0.3) is 0 Å². The third-order valence-corrected chi connectivity index (χ3v) is 4.44. The molecule has 0 aliphatic heterocycles. The van der Waals surface area contributed by atoms with Gasteiger partial charge in [-0.25, -0.2) is 0 Å². The Morgan fingerprint density at radius 3 is 2.85 bits per heavy atom. The molecule has 27 heavy (non-hydrogen) atoms. The van der Waals surface area contributed by atoms with E-state index in [9.17, 15) is 4.79 Å². The van der Waals surface area contributed by atoms with Crippen LogP contribution in [0.15, 0.2) is 42.5 Å². The zero-order valence-electron chi connectivity index (χ0n) is 15.5. The van der Waals surface area contributed by atoms with Crippen molar-refractivity contribution >= 4 is 11.6 Å². The summed E-state index contributed by atoms with van der Waals surface area (Å²) in [6.07, 6.45) is 7.36. The fourth-order valence-corrected chi connectivity index (χ4v) is 3.33. The van der Waals surface area contributed by atoms with Crippen molar-refractivity contribution in [1.29, 1.82) is 0 Å². The van der Waals surface area contributed by atoms with E-state index < -0.39 is 0 Å². The average Bonchev–Trinajstić information content (AvgIpc) is 3.07. The zero-order chi connectivity index (χ0) is 19.1. The predicted molar refractivity (Wildman–Crippen MR) is 106 cm³/mol. The maximum absolute atomic E-state index is 11.1. The molecule has 1 unspecified atom stereocenters. The van der Waals surface area contributed by atoms with Crippen LogP contribution in [0.2, 0.25) is 0 Å². The van der Waals surface area contributed by atoms with Crippen LogP contribution >= 0.6 is 0 Å². The molecular formula is C22H24N2O3. The first-order valence-electron chi connectivity index (χ1n) is 9.09. The van der Waals surface area contributed by atoms with Gasteiger partial charge in [0.2, 0.25) is 5.91 Å². The molecule has 140 valence electrons. The van der Waals surface area contributed by atoms with Crippen molar-refractivity contribution in [3.63, 3.8) is 0 Å². The van der Waals surface area contributed by atoms with Crippen molar-refractivity contribution in [2.24, 2.45) is 0 Å². The van der Waals surface area contributed by atoms with Gasteiger partial charge in [0, 0.05) is 24.7 Å². The Morgan fingerprint density at radius 1 is 1.22 bits per heavy atom. The van der Waals surface area contributed by atoms with E-state index in [0.717, 1.165) is 18.6 Å². The number of ether oxygens (including phenoxy) is 2. The lowest BCUT2D eigenvalue weighted by Gasteiger charge is -2.14. The fraction of sp³-hybridized carbons (Fsp3) is 0.318. The SMILES string of the molecule is C#CCNC1CCc2c(OCCOc3cccc(NC(C)=O)c3)cccc21. The van der Waals surface area contributed by atoms with Gasteiger partial charge in [-0.3, -0.25) is 10.1 Å². The van der Waals surface area contributed by atoms with Gasteiger partial charge in [0.15, 0.2) is 0 Å². The van der Waals surface area contributed by atoms with E-state index in [2.05, 4.69) is 22.6 Å². The molecule has 0 bridgehead atoms. The first-order valence-corrected chi connectivity index (χ1v) is 9.09. The largest absolute Gasteiger partial charge is 0.490 e. The Bertz CT molecular complexity index is 842. The monoisotopic (exact) mass is 364 g/mol. The quantitative estimate of drug-likeness (QED) is 0.557. The summed E-state index contributed by atoms with van der Waals surface area (Å²) in [5.74, 6) is 4.13. The number of carbonyl (C=O) groups excluding carboxylic acids is 1. The number of hydrogen-bond donors (Lipinski definition) is 2. The van der Waals surface area contributed by atoms with Crippen LogP contribution in [0.1, 0.15) is 30.5 Å². The normalized spacial score (nSPS) is 14.9. The third kappa shape index (κ3) is 5.02. The highest BCUT2D eigenvalue weighted by Gasteiger charge is 2.24. The lowest BCUT2D eigenvalue weighted by atomic mass is 10.1. The van der Waals surface area contributed by atoms with Crippen molar-refractivity contribution in [2.45, 2.75) is 25.8 Å². The van der Waals surface area contributed by atoms with Gasteiger partial charge >= 0.3 is 0 Å². The van der Waals surface area contributed by atoms with Gasteiger partial charge < -0.3 is 14.8 Å².